The fourth-order valence-corrected chi connectivity index (χ4v) is 0.847. The summed E-state index contributed by atoms with van der Waals surface area (Å²) >= 11 is 0. The smallest absolute Gasteiger partial charge is 0.0276 e. The number of aliphatic imine (C=N–C) groups is 1. The summed E-state index contributed by atoms with van der Waals surface area (Å²) in [5.41, 5.74) is 1.63. The van der Waals surface area contributed by atoms with Crippen LogP contribution in [0.25, 0.3) is 0 Å². The molecule has 0 saturated carbocycles. The number of rotatable bonds is 1. The van der Waals surface area contributed by atoms with Gasteiger partial charge in [0.2, 0.25) is 0 Å². The normalized spacial score (nSPS) is 14.1. The van der Waals surface area contributed by atoms with E-state index in [9.17, 15) is 0 Å². The lowest BCUT2D eigenvalue weighted by atomic mass is 9.90. The Kier molecular flexibility index (Phi) is 2.89. The Balaban J connectivity index is 3.75. The second-order valence-electron chi connectivity index (χ2n) is 3.70. The minimum absolute atomic E-state index is 0.392. The van der Waals surface area contributed by atoms with Crippen LogP contribution in [0, 0.1) is 5.41 Å². The Hall–Kier alpha value is -0.330. The summed E-state index contributed by atoms with van der Waals surface area (Å²) in [7, 11) is 1.85. The average molecular weight is 127 g/mol. The molecule has 54 valence electrons. The molecule has 0 atom stereocenters. The van der Waals surface area contributed by atoms with Crippen molar-refractivity contribution >= 4 is 5.71 Å². The Morgan fingerprint density at radius 1 is 1.33 bits per heavy atom. The molecule has 9 heavy (non-hydrogen) atoms. The Bertz CT molecular complexity index is 106. The van der Waals surface area contributed by atoms with E-state index in [1.807, 2.05) is 7.05 Å². The quantitative estimate of drug-likeness (QED) is 0.480. The minimum atomic E-state index is 0.392. The van der Waals surface area contributed by atoms with Crippen molar-refractivity contribution in [2.75, 3.05) is 7.05 Å². The fraction of sp³-hybridized carbons (Fsp3) is 0.875. The van der Waals surface area contributed by atoms with E-state index in [1.165, 1.54) is 5.71 Å². The molecule has 0 saturated heterocycles. The zero-order valence-corrected chi connectivity index (χ0v) is 7.15. The van der Waals surface area contributed by atoms with Gasteiger partial charge in [-0.3, -0.25) is 4.99 Å². The van der Waals surface area contributed by atoms with E-state index in [-0.39, 0.29) is 0 Å². The Labute approximate surface area is 58.2 Å². The molecule has 0 aliphatic rings. The Morgan fingerprint density at radius 3 is 1.89 bits per heavy atom. The number of nitrogens with zero attached hydrogens (tertiary/aromatic N) is 1. The topological polar surface area (TPSA) is 12.4 Å². The molecule has 1 heteroatoms. The van der Waals surface area contributed by atoms with Gasteiger partial charge in [0.05, 0.1) is 0 Å². The summed E-state index contributed by atoms with van der Waals surface area (Å²) in [6, 6.07) is 0. The average Bonchev–Trinajstić information content (AvgIpc) is 1.62. The van der Waals surface area contributed by atoms with E-state index >= 15 is 0 Å². The molecule has 0 heterocycles. The molecule has 0 radical (unpaired) electrons. The molecule has 0 amide bonds. The third-order valence-electron chi connectivity index (χ3n) is 1.17. The summed E-state index contributed by atoms with van der Waals surface area (Å²) < 4.78 is 0. The van der Waals surface area contributed by atoms with Crippen LogP contribution in [0.5, 0.6) is 0 Å². The third kappa shape index (κ3) is 5.54. The molecule has 0 bridgehead atoms. The Morgan fingerprint density at radius 2 is 1.78 bits per heavy atom. The predicted molar refractivity (Wildman–Crippen MR) is 43.1 cm³/mol. The molecule has 0 aliphatic carbocycles. The zero-order valence-electron chi connectivity index (χ0n) is 7.15. The van der Waals surface area contributed by atoms with Crippen molar-refractivity contribution in [3.8, 4) is 0 Å². The molecular weight excluding hydrogens is 110 g/mol. The highest BCUT2D eigenvalue weighted by molar-refractivity contribution is 5.82. The molecule has 0 aromatic heterocycles. The highest BCUT2D eigenvalue weighted by atomic mass is 14.7. The van der Waals surface area contributed by atoms with Crippen molar-refractivity contribution in [2.45, 2.75) is 34.1 Å². The van der Waals surface area contributed by atoms with Gasteiger partial charge in [0.25, 0.3) is 0 Å². The van der Waals surface area contributed by atoms with Gasteiger partial charge in [0.15, 0.2) is 0 Å². The molecule has 0 aliphatic heterocycles. The van der Waals surface area contributed by atoms with Gasteiger partial charge >= 0.3 is 0 Å². The lowest BCUT2D eigenvalue weighted by molar-refractivity contribution is 0.433. The van der Waals surface area contributed by atoms with Gasteiger partial charge in [-0.1, -0.05) is 20.8 Å². The van der Waals surface area contributed by atoms with Crippen LogP contribution in [0.3, 0.4) is 0 Å². The second-order valence-corrected chi connectivity index (χ2v) is 3.70. The first-order valence-electron chi connectivity index (χ1n) is 3.38. The zero-order chi connectivity index (χ0) is 7.49. The molecule has 0 fully saturated rings. The first-order chi connectivity index (χ1) is 3.95. The number of hydrogen-bond donors (Lipinski definition) is 0. The van der Waals surface area contributed by atoms with E-state index in [0.717, 1.165) is 6.42 Å². The lowest BCUT2D eigenvalue weighted by Gasteiger charge is -2.16. The maximum absolute atomic E-state index is 4.09. The van der Waals surface area contributed by atoms with Crippen LogP contribution in [-0.2, 0) is 0 Å². The highest BCUT2D eigenvalue weighted by Gasteiger charge is 2.10. The monoisotopic (exact) mass is 127 g/mol. The molecular formula is C8H17N. The van der Waals surface area contributed by atoms with Crippen molar-refractivity contribution < 1.29 is 0 Å². The molecule has 0 aromatic rings. The summed E-state index contributed by atoms with van der Waals surface area (Å²) in [6.07, 6.45) is 1.10. The van der Waals surface area contributed by atoms with Crippen LogP contribution in [0.2, 0.25) is 0 Å². The second kappa shape index (κ2) is 3.00. The summed E-state index contributed by atoms with van der Waals surface area (Å²) in [5.74, 6) is 0. The van der Waals surface area contributed by atoms with Gasteiger partial charge in [-0.15, -0.1) is 0 Å². The molecule has 0 N–H and O–H groups in total. The van der Waals surface area contributed by atoms with Gasteiger partial charge in [0.1, 0.15) is 0 Å². The van der Waals surface area contributed by atoms with Crippen LogP contribution in [0.1, 0.15) is 34.1 Å². The third-order valence-corrected chi connectivity index (χ3v) is 1.17. The van der Waals surface area contributed by atoms with E-state index in [1.54, 1.807) is 0 Å². The first-order valence-corrected chi connectivity index (χ1v) is 3.38. The summed E-state index contributed by atoms with van der Waals surface area (Å²) in [5, 5.41) is 0. The van der Waals surface area contributed by atoms with E-state index in [4.69, 9.17) is 0 Å². The first kappa shape index (κ1) is 8.67. The van der Waals surface area contributed by atoms with Crippen LogP contribution in [0.15, 0.2) is 4.99 Å². The maximum atomic E-state index is 4.09. The van der Waals surface area contributed by atoms with Crippen molar-refractivity contribution in [2.24, 2.45) is 10.4 Å². The fourth-order valence-electron chi connectivity index (χ4n) is 0.847. The molecule has 0 aromatic carbocycles. The van der Waals surface area contributed by atoms with Crippen LogP contribution < -0.4 is 0 Å². The summed E-state index contributed by atoms with van der Waals surface area (Å²) in [6.45, 7) is 8.75. The molecule has 0 unspecified atom stereocenters. The molecule has 0 rings (SSSR count). The predicted octanol–water partition coefficient (Wildman–Crippen LogP) is 2.51. The van der Waals surface area contributed by atoms with Crippen molar-refractivity contribution in [1.29, 1.82) is 0 Å². The molecule has 0 spiro atoms. The van der Waals surface area contributed by atoms with Gasteiger partial charge in [-0.2, -0.15) is 0 Å². The largest absolute Gasteiger partial charge is 0.298 e. The SMILES string of the molecule is CN=C(C)CC(C)(C)C. The standard InChI is InChI=1S/C8H17N/c1-7(9-5)6-8(2,3)4/h6H2,1-5H3. The van der Waals surface area contributed by atoms with E-state index < -0.39 is 0 Å². The molecule has 1 nitrogen and oxygen atoms in total. The highest BCUT2D eigenvalue weighted by Crippen LogP contribution is 2.18. The van der Waals surface area contributed by atoms with Gasteiger partial charge < -0.3 is 0 Å². The van der Waals surface area contributed by atoms with Gasteiger partial charge in [0, 0.05) is 12.8 Å². The van der Waals surface area contributed by atoms with E-state index in [0.29, 0.717) is 5.41 Å². The van der Waals surface area contributed by atoms with Crippen molar-refractivity contribution in [3.05, 3.63) is 0 Å². The van der Waals surface area contributed by atoms with Crippen LogP contribution in [0.4, 0.5) is 0 Å². The van der Waals surface area contributed by atoms with Gasteiger partial charge in [-0.05, 0) is 18.8 Å². The maximum Gasteiger partial charge on any atom is 0.0276 e. The lowest BCUT2D eigenvalue weighted by Crippen LogP contribution is -2.10. The van der Waals surface area contributed by atoms with Crippen LogP contribution >= 0.6 is 0 Å². The van der Waals surface area contributed by atoms with E-state index in [2.05, 4.69) is 32.7 Å². The summed E-state index contributed by atoms with van der Waals surface area (Å²) in [4.78, 5) is 4.09. The van der Waals surface area contributed by atoms with Crippen molar-refractivity contribution in [1.82, 2.24) is 0 Å². The van der Waals surface area contributed by atoms with Crippen LogP contribution in [-0.4, -0.2) is 12.8 Å². The number of hydrogen-bond acceptors (Lipinski definition) is 1. The van der Waals surface area contributed by atoms with Crippen molar-refractivity contribution in [3.63, 3.8) is 0 Å². The van der Waals surface area contributed by atoms with Gasteiger partial charge in [-0.25, -0.2) is 0 Å². The minimum Gasteiger partial charge on any atom is -0.298 e.